The topological polar surface area (TPSA) is 63.7 Å². The van der Waals surface area contributed by atoms with E-state index in [2.05, 4.69) is 0 Å². The maximum absolute atomic E-state index is 13.2. The van der Waals surface area contributed by atoms with E-state index in [1.807, 2.05) is 44.2 Å². The Kier molecular flexibility index (Phi) is 5.16. The first-order valence-electron chi connectivity index (χ1n) is 8.69. The Bertz CT molecular complexity index is 878. The third-order valence-electron chi connectivity index (χ3n) is 4.84. The van der Waals surface area contributed by atoms with E-state index in [9.17, 15) is 13.2 Å². The van der Waals surface area contributed by atoms with Crippen molar-refractivity contribution in [3.05, 3.63) is 65.7 Å². The van der Waals surface area contributed by atoms with E-state index in [0.717, 1.165) is 11.1 Å². The number of hydrogen-bond acceptors (Lipinski definition) is 4. The van der Waals surface area contributed by atoms with Gasteiger partial charge < -0.3 is 4.74 Å². The van der Waals surface area contributed by atoms with Crippen LogP contribution in [0.4, 0.5) is 0 Å². The molecule has 1 aliphatic heterocycles. The fraction of sp³-hybridized carbons (Fsp3) is 0.350. The predicted octanol–water partition coefficient (Wildman–Crippen LogP) is 3.10. The highest BCUT2D eigenvalue weighted by Crippen LogP contribution is 2.44. The van der Waals surface area contributed by atoms with E-state index in [0.29, 0.717) is 0 Å². The normalized spacial score (nSPS) is 23.3. The molecular weight excluding hydrogens is 350 g/mol. The molecule has 0 saturated carbocycles. The summed E-state index contributed by atoms with van der Waals surface area (Å²) in [5.41, 5.74) is 1.91. The number of aryl methyl sites for hydroxylation is 1. The standard InChI is InChI=1S/C20H23NO4S/c1-4-25-20(22)19-18(16-8-6-5-7-9-16)15(3)21(19)26(23,24)17-12-10-14(2)11-13-17/h5-13,15,18-19H,4H2,1-3H3/t15-,18-,19+/m1/s1. The Morgan fingerprint density at radius 1 is 1.08 bits per heavy atom. The second kappa shape index (κ2) is 7.21. The largest absolute Gasteiger partial charge is 0.465 e. The lowest BCUT2D eigenvalue weighted by Gasteiger charge is -2.51. The van der Waals surface area contributed by atoms with Crippen LogP contribution in [-0.4, -0.2) is 37.4 Å². The Labute approximate surface area is 154 Å². The summed E-state index contributed by atoms with van der Waals surface area (Å²) in [5.74, 6) is -0.731. The Hall–Kier alpha value is -2.18. The van der Waals surface area contributed by atoms with Gasteiger partial charge >= 0.3 is 5.97 Å². The summed E-state index contributed by atoms with van der Waals surface area (Å²) >= 11 is 0. The molecule has 5 nitrogen and oxygen atoms in total. The number of hydrogen-bond donors (Lipinski definition) is 0. The van der Waals surface area contributed by atoms with Crippen LogP contribution in [0, 0.1) is 6.92 Å². The Morgan fingerprint density at radius 2 is 1.69 bits per heavy atom. The monoisotopic (exact) mass is 373 g/mol. The van der Waals surface area contributed by atoms with Gasteiger partial charge in [-0.2, -0.15) is 4.31 Å². The highest BCUT2D eigenvalue weighted by molar-refractivity contribution is 7.89. The minimum atomic E-state index is -3.79. The van der Waals surface area contributed by atoms with Crippen LogP contribution in [0.1, 0.15) is 30.9 Å². The average Bonchev–Trinajstić information content (AvgIpc) is 2.60. The lowest BCUT2D eigenvalue weighted by Crippen LogP contribution is -2.66. The molecule has 2 aromatic carbocycles. The smallest absolute Gasteiger partial charge is 0.325 e. The minimum absolute atomic E-state index is 0.191. The highest BCUT2D eigenvalue weighted by Gasteiger charge is 2.57. The van der Waals surface area contributed by atoms with Crippen LogP contribution in [0.25, 0.3) is 0 Å². The van der Waals surface area contributed by atoms with Crippen molar-refractivity contribution in [1.29, 1.82) is 0 Å². The number of ether oxygens (including phenoxy) is 1. The van der Waals surface area contributed by atoms with Gasteiger partial charge in [0.15, 0.2) is 0 Å². The molecule has 0 aliphatic carbocycles. The second-order valence-corrected chi connectivity index (χ2v) is 8.37. The van der Waals surface area contributed by atoms with Crippen LogP contribution < -0.4 is 0 Å². The molecule has 6 heteroatoms. The third-order valence-corrected chi connectivity index (χ3v) is 6.83. The van der Waals surface area contributed by atoms with Crippen molar-refractivity contribution in [2.75, 3.05) is 6.61 Å². The van der Waals surface area contributed by atoms with Crippen LogP contribution in [0.3, 0.4) is 0 Å². The van der Waals surface area contributed by atoms with Crippen LogP contribution in [0.15, 0.2) is 59.5 Å². The van der Waals surface area contributed by atoms with E-state index < -0.39 is 22.0 Å². The number of esters is 1. The van der Waals surface area contributed by atoms with Gasteiger partial charge in [0, 0.05) is 12.0 Å². The maximum atomic E-state index is 13.2. The zero-order valence-electron chi connectivity index (χ0n) is 15.1. The number of nitrogens with zero attached hydrogens (tertiary/aromatic N) is 1. The number of rotatable bonds is 5. The fourth-order valence-corrected chi connectivity index (χ4v) is 5.36. The molecule has 0 amide bonds. The van der Waals surface area contributed by atoms with Crippen molar-refractivity contribution in [3.63, 3.8) is 0 Å². The summed E-state index contributed by atoms with van der Waals surface area (Å²) in [7, 11) is -3.79. The summed E-state index contributed by atoms with van der Waals surface area (Å²) < 4.78 is 32.8. The fourth-order valence-electron chi connectivity index (χ4n) is 3.55. The zero-order valence-corrected chi connectivity index (χ0v) is 15.9. The number of sulfonamides is 1. The number of carbonyl (C=O) groups excluding carboxylic acids is 1. The van der Waals surface area contributed by atoms with E-state index in [4.69, 9.17) is 4.74 Å². The van der Waals surface area contributed by atoms with Crippen molar-refractivity contribution in [3.8, 4) is 0 Å². The Balaban J connectivity index is 2.00. The molecule has 1 heterocycles. The molecule has 0 aromatic heterocycles. The van der Waals surface area contributed by atoms with Crippen molar-refractivity contribution >= 4 is 16.0 Å². The summed E-state index contributed by atoms with van der Waals surface area (Å²) in [4.78, 5) is 12.8. The molecule has 1 saturated heterocycles. The minimum Gasteiger partial charge on any atom is -0.465 e. The lowest BCUT2D eigenvalue weighted by molar-refractivity contribution is -0.154. The molecule has 3 rings (SSSR count). The molecule has 0 unspecified atom stereocenters. The van der Waals surface area contributed by atoms with Gasteiger partial charge in [0.2, 0.25) is 10.0 Å². The predicted molar refractivity (Wildman–Crippen MR) is 99.3 cm³/mol. The Morgan fingerprint density at radius 3 is 2.27 bits per heavy atom. The van der Waals surface area contributed by atoms with Crippen LogP contribution in [0.2, 0.25) is 0 Å². The quantitative estimate of drug-likeness (QED) is 0.756. The van der Waals surface area contributed by atoms with Crippen molar-refractivity contribution in [1.82, 2.24) is 4.31 Å². The van der Waals surface area contributed by atoms with Crippen molar-refractivity contribution < 1.29 is 17.9 Å². The molecule has 0 N–H and O–H groups in total. The highest BCUT2D eigenvalue weighted by atomic mass is 32.2. The van der Waals surface area contributed by atoms with Crippen LogP contribution in [0.5, 0.6) is 0 Å². The summed E-state index contributed by atoms with van der Waals surface area (Å²) in [6, 6.07) is 15.0. The molecule has 26 heavy (non-hydrogen) atoms. The van der Waals surface area contributed by atoms with Crippen LogP contribution >= 0.6 is 0 Å². The van der Waals surface area contributed by atoms with Gasteiger partial charge in [0.25, 0.3) is 0 Å². The van der Waals surface area contributed by atoms with E-state index in [-0.39, 0.29) is 23.5 Å². The van der Waals surface area contributed by atoms with E-state index >= 15 is 0 Å². The molecular formula is C20H23NO4S. The molecule has 2 aromatic rings. The van der Waals surface area contributed by atoms with E-state index in [1.165, 1.54) is 4.31 Å². The summed E-state index contributed by atoms with van der Waals surface area (Å²) in [6.45, 7) is 5.66. The van der Waals surface area contributed by atoms with Crippen molar-refractivity contribution in [2.45, 2.75) is 43.7 Å². The molecule has 0 bridgehead atoms. The molecule has 0 spiro atoms. The van der Waals surface area contributed by atoms with Gasteiger partial charge in [-0.1, -0.05) is 48.0 Å². The van der Waals surface area contributed by atoms with Crippen LogP contribution in [-0.2, 0) is 19.6 Å². The number of benzene rings is 2. The van der Waals surface area contributed by atoms with Gasteiger partial charge in [-0.3, -0.25) is 4.79 Å². The molecule has 138 valence electrons. The van der Waals surface area contributed by atoms with Gasteiger partial charge in [0.1, 0.15) is 6.04 Å². The molecule has 0 radical (unpaired) electrons. The average molecular weight is 373 g/mol. The zero-order chi connectivity index (χ0) is 18.9. The van der Waals surface area contributed by atoms with Gasteiger partial charge in [-0.15, -0.1) is 0 Å². The first-order valence-corrected chi connectivity index (χ1v) is 10.1. The molecule has 1 aliphatic rings. The SMILES string of the molecule is CCOC(=O)[C@@H]1[C@@H](c2ccccc2)[C@@H](C)N1S(=O)(=O)c1ccc(C)cc1. The second-order valence-electron chi connectivity index (χ2n) is 6.52. The molecule has 3 atom stereocenters. The van der Waals surface area contributed by atoms with Crippen molar-refractivity contribution in [2.24, 2.45) is 0 Å². The first-order chi connectivity index (χ1) is 12.4. The molecule has 1 fully saturated rings. The van der Waals surface area contributed by atoms with E-state index in [1.54, 1.807) is 31.2 Å². The number of carbonyl (C=O) groups is 1. The first kappa shape index (κ1) is 18.6. The summed E-state index contributed by atoms with van der Waals surface area (Å²) in [6.07, 6.45) is 0. The third kappa shape index (κ3) is 3.15. The van der Waals surface area contributed by atoms with Gasteiger partial charge in [0.05, 0.1) is 11.5 Å². The lowest BCUT2D eigenvalue weighted by atomic mass is 9.78. The maximum Gasteiger partial charge on any atom is 0.325 e. The summed E-state index contributed by atoms with van der Waals surface area (Å²) in [5, 5.41) is 0. The van der Waals surface area contributed by atoms with Gasteiger partial charge in [-0.05, 0) is 38.5 Å². The van der Waals surface area contributed by atoms with Gasteiger partial charge in [-0.25, -0.2) is 8.42 Å².